The number of hydrogen-bond acceptors (Lipinski definition) is 7. The summed E-state index contributed by atoms with van der Waals surface area (Å²) in [6.07, 6.45) is 4.88. The number of carbonyl (C=O) groups excluding carboxylic acids is 1. The van der Waals surface area contributed by atoms with Crippen molar-refractivity contribution < 1.29 is 9.53 Å². The molecule has 0 unspecified atom stereocenters. The molecule has 2 N–H and O–H groups in total. The zero-order valence-electron chi connectivity index (χ0n) is 13.9. The highest BCUT2D eigenvalue weighted by Crippen LogP contribution is 2.23. The van der Waals surface area contributed by atoms with Crippen molar-refractivity contribution >= 4 is 22.9 Å². The predicted octanol–water partition coefficient (Wildman–Crippen LogP) is 2.51. The molecule has 1 fully saturated rings. The number of carbonyl (C=O) groups is 1. The summed E-state index contributed by atoms with van der Waals surface area (Å²) in [5.74, 6) is -0.250. The molecule has 8 heteroatoms. The normalized spacial score (nSPS) is 17.0. The SMILES string of the molecule is O=C(Nc1ccc([C@H]2CNCCO2)cc1)c1csc(-c2cnccn2)n1. The fraction of sp³-hybridized carbons (Fsp3) is 0.222. The lowest BCUT2D eigenvalue weighted by Crippen LogP contribution is -2.33. The van der Waals surface area contributed by atoms with Gasteiger partial charge in [0.1, 0.15) is 16.4 Å². The third-order valence-corrected chi connectivity index (χ3v) is 4.85. The summed E-state index contributed by atoms with van der Waals surface area (Å²) < 4.78 is 5.73. The second kappa shape index (κ2) is 7.69. The van der Waals surface area contributed by atoms with Crippen molar-refractivity contribution in [1.29, 1.82) is 0 Å². The Hall–Kier alpha value is -2.68. The summed E-state index contributed by atoms with van der Waals surface area (Å²) in [4.78, 5) is 25.0. The van der Waals surface area contributed by atoms with Gasteiger partial charge in [-0.15, -0.1) is 11.3 Å². The molecule has 1 amide bonds. The number of amides is 1. The third-order valence-electron chi connectivity index (χ3n) is 3.99. The van der Waals surface area contributed by atoms with E-state index in [2.05, 4.69) is 25.6 Å². The van der Waals surface area contributed by atoms with Crippen LogP contribution in [0.5, 0.6) is 0 Å². The molecule has 1 atom stereocenters. The van der Waals surface area contributed by atoms with Crippen LogP contribution >= 0.6 is 11.3 Å². The molecule has 1 aliphatic heterocycles. The van der Waals surface area contributed by atoms with Gasteiger partial charge in [-0.2, -0.15) is 0 Å². The molecule has 0 spiro atoms. The van der Waals surface area contributed by atoms with E-state index in [-0.39, 0.29) is 12.0 Å². The maximum Gasteiger partial charge on any atom is 0.275 e. The summed E-state index contributed by atoms with van der Waals surface area (Å²) >= 11 is 1.36. The van der Waals surface area contributed by atoms with Crippen molar-refractivity contribution in [2.75, 3.05) is 25.0 Å². The summed E-state index contributed by atoms with van der Waals surface area (Å²) in [7, 11) is 0. The Morgan fingerprint density at radius 2 is 2.15 bits per heavy atom. The van der Waals surface area contributed by atoms with Crippen LogP contribution in [-0.4, -0.2) is 40.6 Å². The first-order valence-electron chi connectivity index (χ1n) is 8.25. The van der Waals surface area contributed by atoms with Gasteiger partial charge in [-0.1, -0.05) is 12.1 Å². The quantitative estimate of drug-likeness (QED) is 0.737. The van der Waals surface area contributed by atoms with Gasteiger partial charge in [-0.05, 0) is 17.7 Å². The number of aromatic nitrogens is 3. The second-order valence-corrected chi connectivity index (χ2v) is 6.63. The van der Waals surface area contributed by atoms with E-state index in [1.807, 2.05) is 24.3 Å². The van der Waals surface area contributed by atoms with Gasteiger partial charge in [0.2, 0.25) is 0 Å². The molecule has 7 nitrogen and oxygen atoms in total. The highest BCUT2D eigenvalue weighted by atomic mass is 32.1. The topological polar surface area (TPSA) is 89.0 Å². The number of anilines is 1. The maximum atomic E-state index is 12.4. The molecule has 1 saturated heterocycles. The predicted molar refractivity (Wildman–Crippen MR) is 99.1 cm³/mol. The number of nitrogens with one attached hydrogen (secondary N) is 2. The average molecular weight is 367 g/mol. The Morgan fingerprint density at radius 3 is 2.88 bits per heavy atom. The van der Waals surface area contributed by atoms with Gasteiger partial charge in [0, 0.05) is 36.6 Å². The zero-order valence-corrected chi connectivity index (χ0v) is 14.7. The van der Waals surface area contributed by atoms with Crippen LogP contribution in [0.15, 0.2) is 48.2 Å². The lowest BCUT2D eigenvalue weighted by molar-refractivity contribution is 0.0277. The average Bonchev–Trinajstić information content (AvgIpc) is 3.20. The first-order valence-corrected chi connectivity index (χ1v) is 9.13. The third kappa shape index (κ3) is 3.77. The van der Waals surface area contributed by atoms with E-state index in [0.29, 0.717) is 23.0 Å². The molecule has 4 rings (SSSR count). The van der Waals surface area contributed by atoms with Crippen LogP contribution in [0.3, 0.4) is 0 Å². The van der Waals surface area contributed by atoms with Gasteiger partial charge in [-0.3, -0.25) is 14.8 Å². The molecular formula is C18H17N5O2S. The summed E-state index contributed by atoms with van der Waals surface area (Å²) in [6, 6.07) is 7.70. The lowest BCUT2D eigenvalue weighted by Gasteiger charge is -2.24. The van der Waals surface area contributed by atoms with Crippen molar-refractivity contribution in [1.82, 2.24) is 20.3 Å². The van der Waals surface area contributed by atoms with E-state index in [1.54, 1.807) is 24.0 Å². The summed E-state index contributed by atoms with van der Waals surface area (Å²) in [5.41, 5.74) is 2.83. The van der Waals surface area contributed by atoms with E-state index in [1.165, 1.54) is 11.3 Å². The van der Waals surface area contributed by atoms with Crippen LogP contribution in [-0.2, 0) is 4.74 Å². The molecule has 0 saturated carbocycles. The number of rotatable bonds is 4. The first kappa shape index (κ1) is 16.8. The number of morpholine rings is 1. The fourth-order valence-electron chi connectivity index (χ4n) is 2.66. The molecule has 26 heavy (non-hydrogen) atoms. The molecule has 132 valence electrons. The standard InChI is InChI=1S/C18H17N5O2S/c24-17(15-11-26-18(23-15)14-9-19-5-6-21-14)22-13-3-1-12(2-4-13)16-10-20-7-8-25-16/h1-6,9,11,16,20H,7-8,10H2,(H,22,24)/t16-/m1/s1. The highest BCUT2D eigenvalue weighted by molar-refractivity contribution is 7.13. The highest BCUT2D eigenvalue weighted by Gasteiger charge is 2.16. The van der Waals surface area contributed by atoms with E-state index in [0.717, 1.165) is 24.3 Å². The number of ether oxygens (including phenoxy) is 1. The van der Waals surface area contributed by atoms with Crippen molar-refractivity contribution in [2.45, 2.75) is 6.10 Å². The Balaban J connectivity index is 1.42. The lowest BCUT2D eigenvalue weighted by atomic mass is 10.1. The minimum atomic E-state index is -0.250. The molecule has 3 aromatic rings. The molecule has 2 aromatic heterocycles. The number of benzene rings is 1. The van der Waals surface area contributed by atoms with E-state index >= 15 is 0 Å². The minimum absolute atomic E-state index is 0.0570. The molecule has 1 aliphatic rings. The van der Waals surface area contributed by atoms with Gasteiger partial charge < -0.3 is 15.4 Å². The Morgan fingerprint density at radius 1 is 1.27 bits per heavy atom. The molecule has 3 heterocycles. The van der Waals surface area contributed by atoms with Crippen LogP contribution in [0.1, 0.15) is 22.2 Å². The molecular weight excluding hydrogens is 350 g/mol. The van der Waals surface area contributed by atoms with Crippen molar-refractivity contribution in [3.8, 4) is 10.7 Å². The van der Waals surface area contributed by atoms with Crippen molar-refractivity contribution in [3.63, 3.8) is 0 Å². The Labute approximate surface area is 154 Å². The first-order chi connectivity index (χ1) is 12.8. The van der Waals surface area contributed by atoms with Gasteiger partial charge in [0.05, 0.1) is 18.9 Å². The fourth-order valence-corrected chi connectivity index (χ4v) is 3.42. The molecule has 0 bridgehead atoms. The van der Waals surface area contributed by atoms with Crippen LogP contribution in [0.25, 0.3) is 10.7 Å². The van der Waals surface area contributed by atoms with Crippen LogP contribution in [0.4, 0.5) is 5.69 Å². The van der Waals surface area contributed by atoms with E-state index in [4.69, 9.17) is 4.74 Å². The van der Waals surface area contributed by atoms with E-state index < -0.39 is 0 Å². The summed E-state index contributed by atoms with van der Waals surface area (Å²) in [5, 5.41) is 8.56. The van der Waals surface area contributed by atoms with Crippen LogP contribution < -0.4 is 10.6 Å². The van der Waals surface area contributed by atoms with Crippen molar-refractivity contribution in [2.24, 2.45) is 0 Å². The molecule has 1 aromatic carbocycles. The van der Waals surface area contributed by atoms with Gasteiger partial charge in [0.25, 0.3) is 5.91 Å². The molecule has 0 aliphatic carbocycles. The second-order valence-electron chi connectivity index (χ2n) is 5.77. The zero-order chi connectivity index (χ0) is 17.8. The maximum absolute atomic E-state index is 12.4. The number of hydrogen-bond donors (Lipinski definition) is 2. The van der Waals surface area contributed by atoms with Gasteiger partial charge >= 0.3 is 0 Å². The number of thiazole rings is 1. The van der Waals surface area contributed by atoms with Gasteiger partial charge in [-0.25, -0.2) is 4.98 Å². The molecule has 0 radical (unpaired) electrons. The monoisotopic (exact) mass is 367 g/mol. The van der Waals surface area contributed by atoms with Crippen molar-refractivity contribution in [3.05, 3.63) is 59.5 Å². The Bertz CT molecular complexity index is 876. The Kier molecular flexibility index (Phi) is 4.96. The van der Waals surface area contributed by atoms with E-state index in [9.17, 15) is 4.79 Å². The minimum Gasteiger partial charge on any atom is -0.371 e. The largest absolute Gasteiger partial charge is 0.371 e. The summed E-state index contributed by atoms with van der Waals surface area (Å²) in [6.45, 7) is 2.39. The van der Waals surface area contributed by atoms with Gasteiger partial charge in [0.15, 0.2) is 0 Å². The number of nitrogens with zero attached hydrogens (tertiary/aromatic N) is 3. The smallest absolute Gasteiger partial charge is 0.275 e. The van der Waals surface area contributed by atoms with Crippen LogP contribution in [0.2, 0.25) is 0 Å². The van der Waals surface area contributed by atoms with Crippen LogP contribution in [0, 0.1) is 0 Å².